The van der Waals surface area contributed by atoms with Crippen molar-refractivity contribution in [1.82, 2.24) is 10.2 Å². The van der Waals surface area contributed by atoms with Gasteiger partial charge in [0.2, 0.25) is 0 Å². The molecule has 0 aliphatic carbocycles. The van der Waals surface area contributed by atoms with E-state index in [9.17, 15) is 0 Å². The Morgan fingerprint density at radius 3 is 2.88 bits per heavy atom. The summed E-state index contributed by atoms with van der Waals surface area (Å²) in [4.78, 5) is 2.65. The molecular formula is C14H28N2O. The second-order valence-corrected chi connectivity index (χ2v) is 5.84. The van der Waals surface area contributed by atoms with E-state index in [2.05, 4.69) is 31.0 Å². The Bertz CT molecular complexity index is 234. The van der Waals surface area contributed by atoms with Gasteiger partial charge in [0.1, 0.15) is 0 Å². The fraction of sp³-hybridized carbons (Fsp3) is 1.00. The van der Waals surface area contributed by atoms with E-state index in [1.807, 2.05) is 0 Å². The van der Waals surface area contributed by atoms with Gasteiger partial charge in [-0.3, -0.25) is 4.90 Å². The average molecular weight is 240 g/mol. The molecular weight excluding hydrogens is 212 g/mol. The minimum Gasteiger partial charge on any atom is -0.376 e. The molecule has 0 radical (unpaired) electrons. The van der Waals surface area contributed by atoms with Gasteiger partial charge >= 0.3 is 0 Å². The van der Waals surface area contributed by atoms with Crippen LogP contribution in [-0.4, -0.2) is 49.3 Å². The number of rotatable bonds is 3. The molecule has 0 bridgehead atoms. The molecule has 0 spiro atoms. The fourth-order valence-electron chi connectivity index (χ4n) is 3.12. The third kappa shape index (κ3) is 3.43. The van der Waals surface area contributed by atoms with E-state index >= 15 is 0 Å². The fourth-order valence-corrected chi connectivity index (χ4v) is 3.12. The third-order valence-corrected chi connectivity index (χ3v) is 4.41. The lowest BCUT2D eigenvalue weighted by atomic mass is 9.91. The quantitative estimate of drug-likeness (QED) is 0.815. The second kappa shape index (κ2) is 6.17. The molecule has 2 heterocycles. The Labute approximate surface area is 106 Å². The highest BCUT2D eigenvalue weighted by Crippen LogP contribution is 2.20. The van der Waals surface area contributed by atoms with E-state index in [-0.39, 0.29) is 0 Å². The number of morpholine rings is 1. The zero-order chi connectivity index (χ0) is 12.3. The van der Waals surface area contributed by atoms with Crippen molar-refractivity contribution in [2.75, 3.05) is 26.2 Å². The van der Waals surface area contributed by atoms with Crippen LogP contribution in [0.25, 0.3) is 0 Å². The van der Waals surface area contributed by atoms with Crippen LogP contribution in [0.5, 0.6) is 0 Å². The Morgan fingerprint density at radius 2 is 2.18 bits per heavy atom. The number of hydrogen-bond acceptors (Lipinski definition) is 3. The van der Waals surface area contributed by atoms with E-state index in [0.717, 1.165) is 19.1 Å². The largest absolute Gasteiger partial charge is 0.376 e. The third-order valence-electron chi connectivity index (χ3n) is 4.41. The molecule has 4 unspecified atom stereocenters. The smallest absolute Gasteiger partial charge is 0.0674 e. The van der Waals surface area contributed by atoms with Gasteiger partial charge in [0.25, 0.3) is 0 Å². The topological polar surface area (TPSA) is 24.5 Å². The summed E-state index contributed by atoms with van der Waals surface area (Å²) in [5.74, 6) is 0.819. The Balaban J connectivity index is 1.90. The van der Waals surface area contributed by atoms with Gasteiger partial charge in [-0.25, -0.2) is 0 Å². The second-order valence-electron chi connectivity index (χ2n) is 5.84. The monoisotopic (exact) mass is 240 g/mol. The minimum absolute atomic E-state index is 0.400. The van der Waals surface area contributed by atoms with Crippen LogP contribution in [0.2, 0.25) is 0 Å². The van der Waals surface area contributed by atoms with Crippen molar-refractivity contribution in [3.05, 3.63) is 0 Å². The standard InChI is InChI=1S/C14H28N2O/c1-4-13-10-17-12(3)8-16(13)9-14-11(2)6-5-7-15-14/h11-15H,4-10H2,1-3H3. The van der Waals surface area contributed by atoms with Gasteiger partial charge in [-0.05, 0) is 38.6 Å². The van der Waals surface area contributed by atoms with Gasteiger partial charge in [0, 0.05) is 25.2 Å². The van der Waals surface area contributed by atoms with Crippen LogP contribution in [0.1, 0.15) is 40.0 Å². The lowest BCUT2D eigenvalue weighted by Crippen LogP contribution is -2.55. The van der Waals surface area contributed by atoms with Gasteiger partial charge in [-0.2, -0.15) is 0 Å². The summed E-state index contributed by atoms with van der Waals surface area (Å²) < 4.78 is 5.77. The summed E-state index contributed by atoms with van der Waals surface area (Å²) in [6.45, 7) is 11.3. The predicted molar refractivity (Wildman–Crippen MR) is 71.3 cm³/mol. The number of piperidine rings is 1. The highest BCUT2D eigenvalue weighted by Gasteiger charge is 2.30. The summed E-state index contributed by atoms with van der Waals surface area (Å²) in [6.07, 6.45) is 4.33. The van der Waals surface area contributed by atoms with Crippen molar-refractivity contribution in [3.63, 3.8) is 0 Å². The first-order valence-electron chi connectivity index (χ1n) is 7.29. The van der Waals surface area contributed by atoms with Crippen molar-refractivity contribution >= 4 is 0 Å². The van der Waals surface area contributed by atoms with Gasteiger partial charge < -0.3 is 10.1 Å². The number of nitrogens with one attached hydrogen (secondary N) is 1. The molecule has 2 rings (SSSR count). The van der Waals surface area contributed by atoms with Crippen LogP contribution >= 0.6 is 0 Å². The molecule has 2 saturated heterocycles. The zero-order valence-corrected chi connectivity index (χ0v) is 11.6. The molecule has 0 aromatic heterocycles. The molecule has 3 heteroatoms. The molecule has 17 heavy (non-hydrogen) atoms. The summed E-state index contributed by atoms with van der Waals surface area (Å²) in [6, 6.07) is 1.31. The molecule has 0 amide bonds. The van der Waals surface area contributed by atoms with E-state index in [4.69, 9.17) is 4.74 Å². The van der Waals surface area contributed by atoms with E-state index in [1.165, 1.54) is 32.4 Å². The van der Waals surface area contributed by atoms with Crippen molar-refractivity contribution in [2.24, 2.45) is 5.92 Å². The van der Waals surface area contributed by atoms with Crippen LogP contribution < -0.4 is 5.32 Å². The van der Waals surface area contributed by atoms with Crippen LogP contribution in [0, 0.1) is 5.92 Å². The number of hydrogen-bond donors (Lipinski definition) is 1. The van der Waals surface area contributed by atoms with Crippen LogP contribution in [-0.2, 0) is 4.74 Å². The molecule has 2 fully saturated rings. The van der Waals surface area contributed by atoms with E-state index < -0.39 is 0 Å². The van der Waals surface area contributed by atoms with Gasteiger partial charge in [-0.15, -0.1) is 0 Å². The zero-order valence-electron chi connectivity index (χ0n) is 11.6. The normalized spacial score (nSPS) is 40.4. The van der Waals surface area contributed by atoms with Crippen molar-refractivity contribution in [1.29, 1.82) is 0 Å². The maximum atomic E-state index is 5.77. The molecule has 4 atom stereocenters. The lowest BCUT2D eigenvalue weighted by molar-refractivity contribution is -0.0609. The van der Waals surface area contributed by atoms with Crippen molar-refractivity contribution < 1.29 is 4.74 Å². The maximum absolute atomic E-state index is 5.77. The minimum atomic E-state index is 0.400. The molecule has 0 saturated carbocycles. The number of ether oxygens (including phenoxy) is 1. The van der Waals surface area contributed by atoms with Crippen molar-refractivity contribution in [3.8, 4) is 0 Å². The first-order chi connectivity index (χ1) is 8.20. The van der Waals surface area contributed by atoms with Gasteiger partial charge in [0.05, 0.1) is 12.7 Å². The van der Waals surface area contributed by atoms with Gasteiger partial charge in [0.15, 0.2) is 0 Å². The maximum Gasteiger partial charge on any atom is 0.0674 e. The summed E-state index contributed by atoms with van der Waals surface area (Å²) >= 11 is 0. The Morgan fingerprint density at radius 1 is 1.35 bits per heavy atom. The average Bonchev–Trinajstić information content (AvgIpc) is 2.32. The van der Waals surface area contributed by atoms with E-state index in [0.29, 0.717) is 18.2 Å². The highest BCUT2D eigenvalue weighted by atomic mass is 16.5. The first-order valence-corrected chi connectivity index (χ1v) is 7.29. The predicted octanol–water partition coefficient (Wildman–Crippen LogP) is 1.87. The molecule has 100 valence electrons. The molecule has 0 aromatic carbocycles. The Kier molecular flexibility index (Phi) is 4.83. The molecule has 3 nitrogen and oxygen atoms in total. The lowest BCUT2D eigenvalue weighted by Gasteiger charge is -2.42. The van der Waals surface area contributed by atoms with Crippen LogP contribution in [0.3, 0.4) is 0 Å². The van der Waals surface area contributed by atoms with Crippen molar-refractivity contribution in [2.45, 2.75) is 58.2 Å². The summed E-state index contributed by atoms with van der Waals surface area (Å²) in [5, 5.41) is 3.69. The summed E-state index contributed by atoms with van der Waals surface area (Å²) in [7, 11) is 0. The van der Waals surface area contributed by atoms with Crippen LogP contribution in [0.15, 0.2) is 0 Å². The summed E-state index contributed by atoms with van der Waals surface area (Å²) in [5.41, 5.74) is 0. The molecule has 0 aromatic rings. The highest BCUT2D eigenvalue weighted by molar-refractivity contribution is 4.86. The van der Waals surface area contributed by atoms with Gasteiger partial charge in [-0.1, -0.05) is 13.8 Å². The number of nitrogens with zero attached hydrogens (tertiary/aromatic N) is 1. The first kappa shape index (κ1) is 13.3. The van der Waals surface area contributed by atoms with E-state index in [1.54, 1.807) is 0 Å². The molecule has 1 N–H and O–H groups in total. The van der Waals surface area contributed by atoms with Crippen LogP contribution in [0.4, 0.5) is 0 Å². The Hall–Kier alpha value is -0.120. The SMILES string of the molecule is CCC1COC(C)CN1CC1NCCCC1C. The molecule has 2 aliphatic heterocycles. The molecule has 2 aliphatic rings.